The molecule has 0 aliphatic carbocycles. The zero-order valence-corrected chi connectivity index (χ0v) is 11.2. The van der Waals surface area contributed by atoms with E-state index in [2.05, 4.69) is 4.98 Å². The molecule has 1 aromatic carbocycles. The Morgan fingerprint density at radius 2 is 1.76 bits per heavy atom. The Kier molecular flexibility index (Phi) is 1.94. The van der Waals surface area contributed by atoms with Crippen LogP contribution in [0.4, 0.5) is 0 Å². The number of hydrogen-bond donors (Lipinski definition) is 3. The summed E-state index contributed by atoms with van der Waals surface area (Å²) in [5, 5.41) is 22.1. The van der Waals surface area contributed by atoms with Gasteiger partial charge in [0.05, 0.1) is 29.0 Å². The predicted octanol–water partition coefficient (Wildman–Crippen LogP) is 3.28. The van der Waals surface area contributed by atoms with Gasteiger partial charge in [-0.1, -0.05) is 0 Å². The van der Waals surface area contributed by atoms with Crippen molar-refractivity contribution in [3.05, 3.63) is 41.6 Å². The van der Waals surface area contributed by atoms with Crippen LogP contribution >= 0.6 is 0 Å². The molecule has 0 unspecified atom stereocenters. The quantitative estimate of drug-likeness (QED) is 0.641. The van der Waals surface area contributed by atoms with Crippen LogP contribution in [0.5, 0.6) is 11.8 Å². The van der Waals surface area contributed by atoms with Crippen LogP contribution in [0.25, 0.3) is 16.6 Å². The van der Waals surface area contributed by atoms with Crippen LogP contribution in [-0.2, 0) is 4.74 Å². The Hall–Kier alpha value is -2.40. The van der Waals surface area contributed by atoms with Crippen LogP contribution < -0.4 is 0 Å². The van der Waals surface area contributed by atoms with E-state index < -0.39 is 0 Å². The van der Waals surface area contributed by atoms with Crippen molar-refractivity contribution in [2.24, 2.45) is 0 Å². The van der Waals surface area contributed by atoms with Crippen LogP contribution in [0.15, 0.2) is 30.5 Å². The summed E-state index contributed by atoms with van der Waals surface area (Å²) in [5.41, 5.74) is 3.31. The van der Waals surface area contributed by atoms with Gasteiger partial charge in [-0.2, -0.15) is 0 Å². The minimum atomic E-state index is -0.0758. The predicted molar refractivity (Wildman–Crippen MR) is 76.8 cm³/mol. The minimum Gasteiger partial charge on any atom is -0.494 e. The van der Waals surface area contributed by atoms with Gasteiger partial charge in [-0.15, -0.1) is 0 Å². The molecule has 2 aliphatic heterocycles. The van der Waals surface area contributed by atoms with Crippen molar-refractivity contribution in [3.8, 4) is 17.4 Å². The fourth-order valence-electron chi connectivity index (χ4n) is 3.70. The number of benzene rings is 1. The van der Waals surface area contributed by atoms with Gasteiger partial charge in [0, 0.05) is 17.1 Å². The van der Waals surface area contributed by atoms with Crippen LogP contribution in [0.2, 0.25) is 0 Å². The molecule has 5 rings (SSSR count). The van der Waals surface area contributed by atoms with E-state index in [1.807, 2.05) is 30.5 Å². The summed E-state index contributed by atoms with van der Waals surface area (Å²) in [7, 11) is 0. The first-order chi connectivity index (χ1) is 10.2. The highest BCUT2D eigenvalue weighted by molar-refractivity contribution is 5.82. The summed E-state index contributed by atoms with van der Waals surface area (Å²) in [6.45, 7) is 0. The normalized spacial score (nSPS) is 23.0. The number of H-pyrrole nitrogens is 1. The van der Waals surface area contributed by atoms with Gasteiger partial charge in [0.1, 0.15) is 0 Å². The van der Waals surface area contributed by atoms with Gasteiger partial charge >= 0.3 is 0 Å². The molecule has 2 aromatic heterocycles. The topological polar surface area (TPSA) is 70.4 Å². The first-order valence-electron chi connectivity index (χ1n) is 7.13. The zero-order valence-electron chi connectivity index (χ0n) is 11.2. The van der Waals surface area contributed by atoms with Gasteiger partial charge in [-0.3, -0.25) is 4.57 Å². The fourth-order valence-corrected chi connectivity index (χ4v) is 3.70. The molecule has 2 aliphatic rings. The van der Waals surface area contributed by atoms with E-state index in [0.717, 1.165) is 40.6 Å². The Bertz CT molecular complexity index is 844. The standard InChI is InChI=1S/C16H14N2O3/c19-15-13-11-3-4-12(21-11)14(13)16(20)18(15)9-1-2-10-8(7-9)5-6-17-10/h1-2,5-7,11-12,17,19-20H,3-4H2/t11-,12+. The Labute approximate surface area is 120 Å². The first-order valence-corrected chi connectivity index (χ1v) is 7.13. The molecule has 0 saturated carbocycles. The third kappa shape index (κ3) is 1.29. The van der Waals surface area contributed by atoms with Crippen molar-refractivity contribution >= 4 is 10.9 Å². The number of aromatic hydroxyl groups is 2. The summed E-state index contributed by atoms with van der Waals surface area (Å²) < 4.78 is 7.27. The van der Waals surface area contributed by atoms with Gasteiger partial charge in [0.2, 0.25) is 11.8 Å². The van der Waals surface area contributed by atoms with Crippen LogP contribution in [0, 0.1) is 0 Å². The van der Waals surface area contributed by atoms with Gasteiger partial charge in [-0.05, 0) is 37.1 Å². The first kappa shape index (κ1) is 11.3. The summed E-state index contributed by atoms with van der Waals surface area (Å²) in [4.78, 5) is 3.14. The van der Waals surface area contributed by atoms with Crippen molar-refractivity contribution in [1.82, 2.24) is 9.55 Å². The molecular weight excluding hydrogens is 268 g/mol. The third-order valence-corrected chi connectivity index (χ3v) is 4.65. The largest absolute Gasteiger partial charge is 0.494 e. The molecule has 106 valence electrons. The lowest BCUT2D eigenvalue weighted by Crippen LogP contribution is -1.96. The van der Waals surface area contributed by atoms with Crippen molar-refractivity contribution in [2.45, 2.75) is 25.0 Å². The smallest absolute Gasteiger partial charge is 0.205 e. The minimum absolute atomic E-state index is 0.0758. The summed E-state index contributed by atoms with van der Waals surface area (Å²) in [6, 6.07) is 7.75. The molecular formula is C16H14N2O3. The molecule has 5 heteroatoms. The second kappa shape index (κ2) is 3.62. The molecule has 0 amide bonds. The maximum absolute atomic E-state index is 10.5. The maximum atomic E-state index is 10.5. The number of nitrogens with one attached hydrogen (secondary N) is 1. The highest BCUT2D eigenvalue weighted by Gasteiger charge is 2.45. The van der Waals surface area contributed by atoms with E-state index in [9.17, 15) is 10.2 Å². The molecule has 0 spiro atoms. The number of nitrogens with zero attached hydrogens (tertiary/aromatic N) is 1. The molecule has 0 radical (unpaired) electrons. The molecule has 1 fully saturated rings. The lowest BCUT2D eigenvalue weighted by Gasteiger charge is -2.10. The highest BCUT2D eigenvalue weighted by atomic mass is 16.5. The average Bonchev–Trinajstić information content (AvgIpc) is 3.22. The van der Waals surface area contributed by atoms with E-state index in [-0.39, 0.29) is 24.0 Å². The molecule has 3 aromatic rings. The monoisotopic (exact) mass is 282 g/mol. The van der Waals surface area contributed by atoms with Gasteiger partial charge in [0.25, 0.3) is 0 Å². The molecule has 3 N–H and O–H groups in total. The van der Waals surface area contributed by atoms with Crippen LogP contribution in [0.3, 0.4) is 0 Å². The third-order valence-electron chi connectivity index (χ3n) is 4.65. The molecule has 5 nitrogen and oxygen atoms in total. The lowest BCUT2D eigenvalue weighted by molar-refractivity contribution is 0.0683. The number of ether oxygens (including phenoxy) is 1. The maximum Gasteiger partial charge on any atom is 0.205 e. The van der Waals surface area contributed by atoms with Gasteiger partial charge in [-0.25, -0.2) is 0 Å². The molecule has 21 heavy (non-hydrogen) atoms. The van der Waals surface area contributed by atoms with Crippen molar-refractivity contribution in [2.75, 3.05) is 0 Å². The Balaban J connectivity index is 1.77. The lowest BCUT2D eigenvalue weighted by atomic mass is 9.95. The molecule has 2 bridgehead atoms. The van der Waals surface area contributed by atoms with Crippen LogP contribution in [-0.4, -0.2) is 19.8 Å². The molecule has 4 heterocycles. The fraction of sp³-hybridized carbons (Fsp3) is 0.250. The second-order valence-electron chi connectivity index (χ2n) is 5.75. The van der Waals surface area contributed by atoms with Crippen molar-refractivity contribution in [3.63, 3.8) is 0 Å². The van der Waals surface area contributed by atoms with Crippen molar-refractivity contribution in [1.29, 1.82) is 0 Å². The van der Waals surface area contributed by atoms with Crippen LogP contribution in [0.1, 0.15) is 36.2 Å². The number of rotatable bonds is 1. The summed E-state index contributed by atoms with van der Waals surface area (Å²) in [5.74, 6) is 0.203. The summed E-state index contributed by atoms with van der Waals surface area (Å²) >= 11 is 0. The van der Waals surface area contributed by atoms with E-state index in [1.165, 1.54) is 4.57 Å². The molecule has 2 atom stereocenters. The zero-order chi connectivity index (χ0) is 14.1. The second-order valence-corrected chi connectivity index (χ2v) is 5.75. The Morgan fingerprint density at radius 1 is 1.05 bits per heavy atom. The van der Waals surface area contributed by atoms with Gasteiger partial charge in [0.15, 0.2) is 0 Å². The number of aromatic nitrogens is 2. The van der Waals surface area contributed by atoms with Gasteiger partial charge < -0.3 is 19.9 Å². The van der Waals surface area contributed by atoms with E-state index in [1.54, 1.807) is 0 Å². The SMILES string of the molecule is Oc1c2c(c(O)n1-c1ccc3[nH]ccc3c1)[C@H]1CC[C@@H]2O1. The number of hydrogen-bond acceptors (Lipinski definition) is 3. The van der Waals surface area contributed by atoms with Crippen molar-refractivity contribution < 1.29 is 14.9 Å². The number of aromatic amines is 1. The summed E-state index contributed by atoms with van der Waals surface area (Å²) in [6.07, 6.45) is 3.54. The molecule has 1 saturated heterocycles. The average molecular weight is 282 g/mol. The Morgan fingerprint density at radius 3 is 2.48 bits per heavy atom. The highest BCUT2D eigenvalue weighted by Crippen LogP contribution is 2.58. The van der Waals surface area contributed by atoms with E-state index in [0.29, 0.717) is 0 Å². The van der Waals surface area contributed by atoms with E-state index >= 15 is 0 Å². The number of fused-ring (bicyclic) bond motifs is 6. The van der Waals surface area contributed by atoms with E-state index in [4.69, 9.17) is 4.74 Å².